The van der Waals surface area contributed by atoms with Gasteiger partial charge in [0.1, 0.15) is 12.5 Å². The summed E-state index contributed by atoms with van der Waals surface area (Å²) in [5.74, 6) is -1.84. The molecule has 11 nitrogen and oxygen atoms in total. The molecule has 2 aromatic rings. The molecule has 0 radical (unpaired) electrons. The highest BCUT2D eigenvalue weighted by Gasteiger charge is 2.30. The van der Waals surface area contributed by atoms with Crippen molar-refractivity contribution in [2.45, 2.75) is 13.0 Å². The van der Waals surface area contributed by atoms with Gasteiger partial charge in [-0.05, 0) is 42.3 Å². The number of aliphatic hydroxyl groups excluding tert-OH is 1. The lowest BCUT2D eigenvalue weighted by Crippen LogP contribution is -2.28. The van der Waals surface area contributed by atoms with Crippen LogP contribution in [0, 0.1) is 26.1 Å². The second-order valence-corrected chi connectivity index (χ2v) is 6.03. The number of esters is 1. The van der Waals surface area contributed by atoms with E-state index in [1.54, 1.807) is 6.92 Å². The second kappa shape index (κ2) is 10.6. The largest absolute Gasteiger partial charge is 0.466 e. The van der Waals surface area contributed by atoms with Gasteiger partial charge in [-0.25, -0.2) is 0 Å². The van der Waals surface area contributed by atoms with Crippen LogP contribution < -0.4 is 0 Å². The third-order valence-electron chi connectivity index (χ3n) is 4.05. The van der Waals surface area contributed by atoms with Gasteiger partial charge in [0.15, 0.2) is 0 Å². The summed E-state index contributed by atoms with van der Waals surface area (Å²) in [6, 6.07) is 10.7. The Hall–Kier alpha value is -3.86. The van der Waals surface area contributed by atoms with Crippen LogP contribution in [-0.4, -0.2) is 40.4 Å². The van der Waals surface area contributed by atoms with Gasteiger partial charge in [0.05, 0.1) is 28.8 Å². The number of nitrogens with zero attached hydrogens (tertiary/aromatic N) is 3. The van der Waals surface area contributed by atoms with E-state index in [2.05, 4.69) is 5.16 Å². The summed E-state index contributed by atoms with van der Waals surface area (Å²) in [5, 5.41) is 35.6. The molecule has 0 saturated carbocycles. The predicted octanol–water partition coefficient (Wildman–Crippen LogP) is 2.77. The quantitative estimate of drug-likeness (QED) is 0.268. The smallest absolute Gasteiger partial charge is 0.315 e. The number of carbonyl (C=O) groups is 1. The number of non-ortho nitro benzene ring substituents is 2. The van der Waals surface area contributed by atoms with Crippen molar-refractivity contribution >= 4 is 23.6 Å². The molecule has 0 saturated heterocycles. The molecule has 2 rings (SSSR count). The molecule has 0 aliphatic rings. The number of nitro benzene ring substituents is 2. The topological polar surface area (TPSA) is 154 Å². The Labute approximate surface area is 170 Å². The Morgan fingerprint density at radius 1 is 1.07 bits per heavy atom. The highest BCUT2D eigenvalue weighted by molar-refractivity contribution is 5.79. The van der Waals surface area contributed by atoms with Gasteiger partial charge >= 0.3 is 5.97 Å². The third-order valence-corrected chi connectivity index (χ3v) is 4.05. The number of rotatable bonds is 10. The van der Waals surface area contributed by atoms with Crippen molar-refractivity contribution in [1.82, 2.24) is 0 Å². The lowest BCUT2D eigenvalue weighted by atomic mass is 9.96. The fourth-order valence-electron chi connectivity index (χ4n) is 2.47. The minimum atomic E-state index is -1.33. The SMILES string of the molecule is CCOC(=O)[C@@H](CO/N=C/c1ccc([N+](=O)[O-])cc1)[C@H](O)c1ccc([N+](=O)[O-])cc1. The summed E-state index contributed by atoms with van der Waals surface area (Å²) in [5.41, 5.74) is 0.593. The first-order chi connectivity index (χ1) is 14.3. The van der Waals surface area contributed by atoms with Gasteiger partial charge in [-0.2, -0.15) is 0 Å². The molecule has 0 amide bonds. The number of hydrogen-bond acceptors (Lipinski definition) is 9. The molecule has 0 unspecified atom stereocenters. The van der Waals surface area contributed by atoms with Gasteiger partial charge in [-0.3, -0.25) is 25.0 Å². The van der Waals surface area contributed by atoms with Crippen LogP contribution in [0.15, 0.2) is 53.7 Å². The Morgan fingerprint density at radius 3 is 2.10 bits per heavy atom. The minimum absolute atomic E-state index is 0.0679. The van der Waals surface area contributed by atoms with Crippen LogP contribution in [0.2, 0.25) is 0 Å². The van der Waals surface area contributed by atoms with Crippen LogP contribution >= 0.6 is 0 Å². The Bertz CT molecular complexity index is 912. The van der Waals surface area contributed by atoms with Crippen LogP contribution in [0.3, 0.4) is 0 Å². The van der Waals surface area contributed by atoms with Crippen molar-refractivity contribution in [3.05, 3.63) is 79.9 Å². The molecule has 2 aromatic carbocycles. The highest BCUT2D eigenvalue weighted by Crippen LogP contribution is 2.25. The van der Waals surface area contributed by atoms with E-state index in [1.807, 2.05) is 0 Å². The number of nitro groups is 2. The zero-order valence-electron chi connectivity index (χ0n) is 15.9. The number of carbonyl (C=O) groups excluding carboxylic acids is 1. The van der Waals surface area contributed by atoms with Gasteiger partial charge in [0.2, 0.25) is 0 Å². The number of hydrogen-bond donors (Lipinski definition) is 1. The van der Waals surface area contributed by atoms with Crippen molar-refractivity contribution in [3.63, 3.8) is 0 Å². The maximum absolute atomic E-state index is 12.2. The van der Waals surface area contributed by atoms with E-state index in [-0.39, 0.29) is 30.2 Å². The van der Waals surface area contributed by atoms with Gasteiger partial charge in [0.25, 0.3) is 11.4 Å². The molecular formula is C19H19N3O8. The molecule has 0 bridgehead atoms. The highest BCUT2D eigenvalue weighted by atomic mass is 16.6. The van der Waals surface area contributed by atoms with Crippen LogP contribution in [0.5, 0.6) is 0 Å². The third kappa shape index (κ3) is 6.07. The van der Waals surface area contributed by atoms with E-state index in [0.29, 0.717) is 5.56 Å². The molecular weight excluding hydrogens is 398 g/mol. The first-order valence-electron chi connectivity index (χ1n) is 8.82. The monoisotopic (exact) mass is 417 g/mol. The molecule has 0 aromatic heterocycles. The van der Waals surface area contributed by atoms with Crippen molar-refractivity contribution in [2.24, 2.45) is 11.1 Å². The van der Waals surface area contributed by atoms with E-state index in [4.69, 9.17) is 9.57 Å². The summed E-state index contributed by atoms with van der Waals surface area (Å²) in [4.78, 5) is 37.6. The fraction of sp³-hybridized carbons (Fsp3) is 0.263. The summed E-state index contributed by atoms with van der Waals surface area (Å²) in [6.07, 6.45) is -0.0380. The van der Waals surface area contributed by atoms with Gasteiger partial charge in [-0.15, -0.1) is 0 Å². The first-order valence-corrected chi connectivity index (χ1v) is 8.82. The predicted molar refractivity (Wildman–Crippen MR) is 105 cm³/mol. The molecule has 0 aliphatic heterocycles. The zero-order chi connectivity index (χ0) is 22.1. The van der Waals surface area contributed by atoms with Crippen molar-refractivity contribution in [3.8, 4) is 0 Å². The number of benzene rings is 2. The average Bonchev–Trinajstić information content (AvgIpc) is 2.73. The van der Waals surface area contributed by atoms with Crippen LogP contribution in [0.4, 0.5) is 11.4 Å². The summed E-state index contributed by atoms with van der Waals surface area (Å²) in [7, 11) is 0. The molecule has 1 N–H and O–H groups in total. The number of oxime groups is 1. The average molecular weight is 417 g/mol. The van der Waals surface area contributed by atoms with Gasteiger partial charge in [-0.1, -0.05) is 5.16 Å². The molecule has 0 spiro atoms. The van der Waals surface area contributed by atoms with E-state index in [0.717, 1.165) is 0 Å². The maximum atomic E-state index is 12.2. The lowest BCUT2D eigenvalue weighted by Gasteiger charge is -2.20. The number of ether oxygens (including phenoxy) is 1. The molecule has 2 atom stereocenters. The Balaban J connectivity index is 2.06. The van der Waals surface area contributed by atoms with E-state index >= 15 is 0 Å². The summed E-state index contributed by atoms with van der Waals surface area (Å²) >= 11 is 0. The van der Waals surface area contributed by atoms with Crippen molar-refractivity contribution in [2.75, 3.05) is 13.2 Å². The molecule has 11 heteroatoms. The number of aliphatic hydroxyl groups is 1. The fourth-order valence-corrected chi connectivity index (χ4v) is 2.47. The molecule has 30 heavy (non-hydrogen) atoms. The van der Waals surface area contributed by atoms with Crippen molar-refractivity contribution in [1.29, 1.82) is 0 Å². The molecule has 158 valence electrons. The maximum Gasteiger partial charge on any atom is 0.315 e. The summed E-state index contributed by atoms with van der Waals surface area (Å²) < 4.78 is 4.96. The lowest BCUT2D eigenvalue weighted by molar-refractivity contribution is -0.385. The second-order valence-electron chi connectivity index (χ2n) is 6.03. The minimum Gasteiger partial charge on any atom is -0.466 e. The van der Waals surface area contributed by atoms with E-state index in [9.17, 15) is 30.1 Å². The van der Waals surface area contributed by atoms with Gasteiger partial charge in [0, 0.05) is 24.3 Å². The van der Waals surface area contributed by atoms with Crippen LogP contribution in [-0.2, 0) is 14.4 Å². The molecule has 0 fully saturated rings. The van der Waals surface area contributed by atoms with Gasteiger partial charge < -0.3 is 14.7 Å². The molecule has 0 aliphatic carbocycles. The zero-order valence-corrected chi connectivity index (χ0v) is 15.9. The standard InChI is InChI=1S/C19H19N3O8/c1-2-29-19(24)17(18(23)14-5-9-16(10-6-14)22(27)28)12-30-20-11-13-3-7-15(8-4-13)21(25)26/h3-11,17-18,23H,2,12H2,1H3/b20-11+/t17-,18+/m0/s1. The van der Waals surface area contributed by atoms with Crippen LogP contribution in [0.25, 0.3) is 0 Å². The first kappa shape index (κ1) is 22.4. The van der Waals surface area contributed by atoms with E-state index in [1.165, 1.54) is 54.7 Å². The molecule has 0 heterocycles. The van der Waals surface area contributed by atoms with Crippen molar-refractivity contribution < 1.29 is 29.3 Å². The Kier molecular flexibility index (Phi) is 7.94. The normalized spacial score (nSPS) is 12.9. The Morgan fingerprint density at radius 2 is 1.60 bits per heavy atom. The van der Waals surface area contributed by atoms with E-state index < -0.39 is 27.8 Å². The van der Waals surface area contributed by atoms with Crippen LogP contribution in [0.1, 0.15) is 24.2 Å². The summed E-state index contributed by atoms with van der Waals surface area (Å²) in [6.45, 7) is 1.38.